The molecule has 0 spiro atoms. The third-order valence-electron chi connectivity index (χ3n) is 1.48. The number of rotatable bonds is 1. The van der Waals surface area contributed by atoms with Crippen LogP contribution in [-0.2, 0) is 5.11 Å². The molecule has 0 aliphatic carbocycles. The molecule has 1 aliphatic rings. The van der Waals surface area contributed by atoms with E-state index in [0.29, 0.717) is 5.92 Å². The number of hydrogen-bond acceptors (Lipinski definition) is 1. The summed E-state index contributed by atoms with van der Waals surface area (Å²) in [5.41, 5.74) is 0. The lowest BCUT2D eigenvalue weighted by Gasteiger charge is -2.27. The predicted octanol–water partition coefficient (Wildman–Crippen LogP) is 0.0248. The van der Waals surface area contributed by atoms with Crippen molar-refractivity contribution < 1.29 is 5.11 Å². The minimum atomic E-state index is -0.360. The molecule has 1 atom stereocenters. The van der Waals surface area contributed by atoms with Crippen LogP contribution in [0, 0.1) is 5.92 Å². The molecule has 1 radical (unpaired) electrons. The van der Waals surface area contributed by atoms with Gasteiger partial charge in [-0.1, -0.05) is 0 Å². The topological polar surface area (TPSA) is 31.9 Å². The first kappa shape index (κ1) is 5.06. The lowest BCUT2D eigenvalue weighted by Crippen LogP contribution is -2.47. The van der Waals surface area contributed by atoms with Crippen molar-refractivity contribution in [2.45, 2.75) is 13.0 Å². The molecule has 41 valence electrons. The zero-order chi connectivity index (χ0) is 5.28. The van der Waals surface area contributed by atoms with E-state index < -0.39 is 0 Å². The Morgan fingerprint density at radius 3 is 2.29 bits per heavy atom. The summed E-state index contributed by atoms with van der Waals surface area (Å²) in [7, 11) is 0. The van der Waals surface area contributed by atoms with Crippen LogP contribution in [0.3, 0.4) is 0 Å². The summed E-state index contributed by atoms with van der Waals surface area (Å²) in [6.45, 7) is 3.60. The van der Waals surface area contributed by atoms with Gasteiger partial charge in [0, 0.05) is 19.0 Å². The summed E-state index contributed by atoms with van der Waals surface area (Å²) >= 11 is 0. The van der Waals surface area contributed by atoms with Gasteiger partial charge in [-0.2, -0.15) is 0 Å². The van der Waals surface area contributed by atoms with Gasteiger partial charge in [-0.25, -0.2) is 5.11 Å². The standard InChI is InChI=1S/C5H10NO/c1-4(7)5-2-6-3-5/h4-6H,2-3H2,1H3. The van der Waals surface area contributed by atoms with E-state index in [4.69, 9.17) is 0 Å². The molecule has 0 saturated carbocycles. The highest BCUT2D eigenvalue weighted by atomic mass is 16.3. The molecular weight excluding hydrogens is 90.1 g/mol. The molecule has 2 heteroatoms. The summed E-state index contributed by atoms with van der Waals surface area (Å²) in [6, 6.07) is 0. The first-order valence-electron chi connectivity index (χ1n) is 2.67. The molecule has 1 unspecified atom stereocenters. The third-order valence-corrected chi connectivity index (χ3v) is 1.48. The summed E-state index contributed by atoms with van der Waals surface area (Å²) in [5.74, 6) is 0.417. The van der Waals surface area contributed by atoms with Crippen LogP contribution in [0.2, 0.25) is 0 Å². The molecule has 1 heterocycles. The Balaban J connectivity index is 2.14. The molecular formula is C5H10NO. The zero-order valence-electron chi connectivity index (χ0n) is 4.48. The van der Waals surface area contributed by atoms with Gasteiger partial charge in [-0.05, 0) is 6.92 Å². The second-order valence-electron chi connectivity index (χ2n) is 2.12. The normalized spacial score (nSPS) is 26.6. The molecule has 0 aromatic rings. The first-order chi connectivity index (χ1) is 3.30. The maximum atomic E-state index is 10.5. The summed E-state index contributed by atoms with van der Waals surface area (Å²) in [5, 5.41) is 13.5. The van der Waals surface area contributed by atoms with E-state index >= 15 is 0 Å². The van der Waals surface area contributed by atoms with Crippen LogP contribution in [0.1, 0.15) is 6.92 Å². The molecule has 1 aliphatic heterocycles. The molecule has 1 saturated heterocycles. The highest BCUT2D eigenvalue weighted by molar-refractivity contribution is 4.77. The molecule has 0 bridgehead atoms. The van der Waals surface area contributed by atoms with Crippen molar-refractivity contribution in [2.75, 3.05) is 13.1 Å². The SMILES string of the molecule is CC([O])C1CNC1. The second-order valence-corrected chi connectivity index (χ2v) is 2.12. The number of nitrogens with one attached hydrogen (secondary N) is 1. The van der Waals surface area contributed by atoms with Gasteiger partial charge in [0.05, 0.1) is 6.10 Å². The predicted molar refractivity (Wildman–Crippen MR) is 26.5 cm³/mol. The van der Waals surface area contributed by atoms with E-state index in [1.165, 1.54) is 0 Å². The van der Waals surface area contributed by atoms with Crippen molar-refractivity contribution in [2.24, 2.45) is 5.92 Å². The minimum Gasteiger partial charge on any atom is -0.316 e. The fourth-order valence-corrected chi connectivity index (χ4v) is 0.643. The minimum absolute atomic E-state index is 0.360. The summed E-state index contributed by atoms with van der Waals surface area (Å²) in [6.07, 6.45) is -0.360. The van der Waals surface area contributed by atoms with E-state index in [1.54, 1.807) is 6.92 Å². The fraction of sp³-hybridized carbons (Fsp3) is 1.00. The second kappa shape index (κ2) is 1.80. The van der Waals surface area contributed by atoms with E-state index in [9.17, 15) is 5.11 Å². The maximum Gasteiger partial charge on any atom is 0.0954 e. The van der Waals surface area contributed by atoms with Gasteiger partial charge in [0.15, 0.2) is 0 Å². The van der Waals surface area contributed by atoms with Crippen molar-refractivity contribution in [1.82, 2.24) is 5.32 Å². The lowest BCUT2D eigenvalue weighted by molar-refractivity contribution is 0.0300. The van der Waals surface area contributed by atoms with Crippen molar-refractivity contribution >= 4 is 0 Å². The Bertz CT molecular complexity index is 59.1. The highest BCUT2D eigenvalue weighted by Crippen LogP contribution is 2.07. The van der Waals surface area contributed by atoms with E-state index in [-0.39, 0.29) is 6.10 Å². The van der Waals surface area contributed by atoms with E-state index in [1.807, 2.05) is 0 Å². The van der Waals surface area contributed by atoms with Crippen molar-refractivity contribution in [1.29, 1.82) is 0 Å². The van der Waals surface area contributed by atoms with Gasteiger partial charge in [0.1, 0.15) is 0 Å². The smallest absolute Gasteiger partial charge is 0.0954 e. The maximum absolute atomic E-state index is 10.5. The van der Waals surface area contributed by atoms with Crippen LogP contribution in [0.25, 0.3) is 0 Å². The van der Waals surface area contributed by atoms with Crippen LogP contribution in [-0.4, -0.2) is 19.2 Å². The molecule has 2 nitrogen and oxygen atoms in total. The molecule has 0 aromatic heterocycles. The quantitative estimate of drug-likeness (QED) is 0.495. The van der Waals surface area contributed by atoms with Crippen molar-refractivity contribution in [3.8, 4) is 0 Å². The van der Waals surface area contributed by atoms with Crippen LogP contribution in [0.5, 0.6) is 0 Å². The zero-order valence-corrected chi connectivity index (χ0v) is 4.48. The van der Waals surface area contributed by atoms with Crippen LogP contribution in [0.4, 0.5) is 0 Å². The first-order valence-corrected chi connectivity index (χ1v) is 2.67. The van der Waals surface area contributed by atoms with Crippen LogP contribution in [0.15, 0.2) is 0 Å². The van der Waals surface area contributed by atoms with Gasteiger partial charge >= 0.3 is 0 Å². The Morgan fingerprint density at radius 2 is 2.29 bits per heavy atom. The lowest BCUT2D eigenvalue weighted by atomic mass is 9.98. The third kappa shape index (κ3) is 0.924. The summed E-state index contributed by atoms with van der Waals surface area (Å²) < 4.78 is 0. The fourth-order valence-electron chi connectivity index (χ4n) is 0.643. The monoisotopic (exact) mass is 100 g/mol. The van der Waals surface area contributed by atoms with E-state index in [2.05, 4.69) is 5.32 Å². The number of hydrogen-bond donors (Lipinski definition) is 1. The Hall–Kier alpha value is -0.0800. The summed E-state index contributed by atoms with van der Waals surface area (Å²) in [4.78, 5) is 0. The van der Waals surface area contributed by atoms with Gasteiger partial charge in [-0.15, -0.1) is 0 Å². The van der Waals surface area contributed by atoms with Crippen molar-refractivity contribution in [3.05, 3.63) is 0 Å². The molecule has 7 heavy (non-hydrogen) atoms. The molecule has 0 amide bonds. The average Bonchev–Trinajstić information content (AvgIpc) is 1.23. The van der Waals surface area contributed by atoms with Gasteiger partial charge in [-0.3, -0.25) is 0 Å². The highest BCUT2D eigenvalue weighted by Gasteiger charge is 2.22. The van der Waals surface area contributed by atoms with Gasteiger partial charge in [0.25, 0.3) is 0 Å². The molecule has 1 N–H and O–H groups in total. The average molecular weight is 100 g/mol. The Kier molecular flexibility index (Phi) is 1.30. The largest absolute Gasteiger partial charge is 0.316 e. The Labute approximate surface area is 43.5 Å². The van der Waals surface area contributed by atoms with Gasteiger partial charge < -0.3 is 5.32 Å². The molecule has 1 fully saturated rings. The van der Waals surface area contributed by atoms with Crippen LogP contribution >= 0.6 is 0 Å². The molecule has 1 rings (SSSR count). The molecule has 0 aromatic carbocycles. The van der Waals surface area contributed by atoms with E-state index in [0.717, 1.165) is 13.1 Å². The van der Waals surface area contributed by atoms with Crippen molar-refractivity contribution in [3.63, 3.8) is 0 Å². The van der Waals surface area contributed by atoms with Gasteiger partial charge in [0.2, 0.25) is 0 Å². The Morgan fingerprint density at radius 1 is 1.71 bits per heavy atom. The van der Waals surface area contributed by atoms with Crippen LogP contribution < -0.4 is 5.32 Å².